The molecule has 3 aliphatic rings. The van der Waals surface area contributed by atoms with Gasteiger partial charge in [-0.05, 0) is 51.0 Å². The number of carbonyl (C=O) groups excluding carboxylic acids is 1. The molecule has 2 saturated carbocycles. The Morgan fingerprint density at radius 1 is 0.909 bits per heavy atom. The number of hydrogen-bond acceptors (Lipinski definition) is 8. The van der Waals surface area contributed by atoms with Crippen molar-refractivity contribution >= 4 is 23.8 Å². The first-order chi connectivity index (χ1) is 16.1. The van der Waals surface area contributed by atoms with Crippen LogP contribution in [0.4, 0.5) is 17.8 Å². The lowest BCUT2D eigenvalue weighted by Gasteiger charge is -2.33. The van der Waals surface area contributed by atoms with Gasteiger partial charge >= 0.3 is 0 Å². The van der Waals surface area contributed by atoms with Crippen molar-refractivity contribution in [1.29, 1.82) is 0 Å². The van der Waals surface area contributed by atoms with Crippen LogP contribution in [-0.4, -0.2) is 78.6 Å². The van der Waals surface area contributed by atoms with Crippen molar-refractivity contribution in [2.45, 2.75) is 70.3 Å². The van der Waals surface area contributed by atoms with Gasteiger partial charge in [0.25, 0.3) is 0 Å². The summed E-state index contributed by atoms with van der Waals surface area (Å²) in [5.74, 6) is 3.29. The molecule has 3 fully saturated rings. The van der Waals surface area contributed by atoms with Crippen LogP contribution in [0.3, 0.4) is 0 Å². The molecular weight excluding hydrogens is 416 g/mol. The van der Waals surface area contributed by atoms with E-state index in [1.165, 1.54) is 32.1 Å². The molecule has 33 heavy (non-hydrogen) atoms. The van der Waals surface area contributed by atoms with Gasteiger partial charge < -0.3 is 25.8 Å². The van der Waals surface area contributed by atoms with Crippen molar-refractivity contribution in [3.63, 3.8) is 0 Å². The predicted molar refractivity (Wildman–Crippen MR) is 133 cm³/mol. The summed E-state index contributed by atoms with van der Waals surface area (Å²) in [5, 5.41) is 9.85. The smallest absolute Gasteiger partial charge is 0.232 e. The average Bonchev–Trinajstić information content (AvgIpc) is 2.84. The molecule has 1 saturated heterocycles. The van der Waals surface area contributed by atoms with E-state index >= 15 is 0 Å². The maximum atomic E-state index is 12.6. The molecule has 0 aromatic carbocycles. The van der Waals surface area contributed by atoms with Gasteiger partial charge in [0.1, 0.15) is 0 Å². The number of hydrogen-bond donors (Lipinski definition) is 3. The first kappa shape index (κ1) is 24.0. The minimum absolute atomic E-state index is 0.223. The Morgan fingerprint density at radius 3 is 2.39 bits per heavy atom. The van der Waals surface area contributed by atoms with E-state index in [0.717, 1.165) is 64.4 Å². The van der Waals surface area contributed by atoms with E-state index in [1.807, 2.05) is 7.05 Å². The third kappa shape index (κ3) is 7.16. The van der Waals surface area contributed by atoms with Crippen molar-refractivity contribution in [2.24, 2.45) is 11.8 Å². The lowest BCUT2D eigenvalue weighted by Crippen LogP contribution is -2.45. The van der Waals surface area contributed by atoms with Gasteiger partial charge in [-0.15, -0.1) is 0 Å². The van der Waals surface area contributed by atoms with E-state index in [0.29, 0.717) is 36.2 Å². The summed E-state index contributed by atoms with van der Waals surface area (Å²) in [6.45, 7) is 4.72. The fourth-order valence-corrected chi connectivity index (χ4v) is 5.46. The van der Waals surface area contributed by atoms with Crippen molar-refractivity contribution in [3.8, 4) is 0 Å². The minimum Gasteiger partial charge on any atom is -0.357 e. The summed E-state index contributed by atoms with van der Waals surface area (Å²) >= 11 is 0. The molecule has 1 aliphatic heterocycles. The first-order valence-electron chi connectivity index (χ1n) is 13.0. The highest BCUT2D eigenvalue weighted by Gasteiger charge is 2.26. The number of aromatic nitrogens is 3. The van der Waals surface area contributed by atoms with Gasteiger partial charge in [0.2, 0.25) is 23.8 Å². The van der Waals surface area contributed by atoms with E-state index in [1.54, 1.807) is 0 Å². The molecule has 2 atom stereocenters. The Hall–Kier alpha value is -2.16. The molecule has 1 aromatic rings. The van der Waals surface area contributed by atoms with Crippen molar-refractivity contribution in [2.75, 3.05) is 62.4 Å². The zero-order chi connectivity index (χ0) is 23.0. The second-order valence-electron chi connectivity index (χ2n) is 10.2. The maximum Gasteiger partial charge on any atom is 0.232 e. The van der Waals surface area contributed by atoms with Crippen molar-refractivity contribution in [1.82, 2.24) is 25.2 Å². The number of nitrogens with one attached hydrogen (secondary N) is 3. The second-order valence-corrected chi connectivity index (χ2v) is 10.2. The summed E-state index contributed by atoms with van der Waals surface area (Å²) in [6.07, 6.45) is 11.5. The molecule has 0 bridgehead atoms. The standard InChI is InChI=1S/C24H42N8O/c1-25-22-28-23(30-24(29-22)32-13-11-31(2)12-14-32)27-20-10-6-9-19(15-20)16-21(33)26-17-18-7-4-3-5-8-18/h18-20H,3-17H2,1-2H3,(H,26,33)(H2,25,27,28,29,30). The molecule has 9 nitrogen and oxygen atoms in total. The summed E-state index contributed by atoms with van der Waals surface area (Å²) in [7, 11) is 3.99. The number of likely N-dealkylation sites (N-methyl/N-ethyl adjacent to an activating group) is 1. The SMILES string of the molecule is CNc1nc(NC2CCCC(CC(=O)NCC3CCCCC3)C2)nc(N2CCN(C)CC2)n1. The second kappa shape index (κ2) is 11.8. The number of piperazine rings is 1. The van der Waals surface area contributed by atoms with E-state index in [4.69, 9.17) is 4.98 Å². The number of anilines is 3. The van der Waals surface area contributed by atoms with E-state index in [-0.39, 0.29) is 5.91 Å². The van der Waals surface area contributed by atoms with Crippen LogP contribution < -0.4 is 20.9 Å². The Balaban J connectivity index is 1.29. The van der Waals surface area contributed by atoms with E-state index in [2.05, 4.69) is 42.8 Å². The topological polar surface area (TPSA) is 98.3 Å². The fraction of sp³-hybridized carbons (Fsp3) is 0.833. The van der Waals surface area contributed by atoms with Crippen LogP contribution in [-0.2, 0) is 4.79 Å². The van der Waals surface area contributed by atoms with Gasteiger partial charge in [-0.25, -0.2) is 0 Å². The third-order valence-electron chi connectivity index (χ3n) is 7.54. The Labute approximate surface area is 198 Å². The predicted octanol–water partition coefficient (Wildman–Crippen LogP) is 2.72. The van der Waals surface area contributed by atoms with Crippen LogP contribution >= 0.6 is 0 Å². The summed E-state index contributed by atoms with van der Waals surface area (Å²) < 4.78 is 0. The van der Waals surface area contributed by atoms with Crippen LogP contribution in [0, 0.1) is 11.8 Å². The van der Waals surface area contributed by atoms with Crippen LogP contribution in [0.5, 0.6) is 0 Å². The van der Waals surface area contributed by atoms with Crippen molar-refractivity contribution in [3.05, 3.63) is 0 Å². The zero-order valence-corrected chi connectivity index (χ0v) is 20.5. The molecular formula is C24H42N8O. The maximum absolute atomic E-state index is 12.6. The minimum atomic E-state index is 0.223. The molecule has 2 unspecified atom stereocenters. The zero-order valence-electron chi connectivity index (χ0n) is 20.5. The van der Waals surface area contributed by atoms with Crippen LogP contribution in [0.2, 0.25) is 0 Å². The summed E-state index contributed by atoms with van der Waals surface area (Å²) in [6, 6.07) is 0.294. The largest absolute Gasteiger partial charge is 0.357 e. The first-order valence-corrected chi connectivity index (χ1v) is 13.0. The van der Waals surface area contributed by atoms with Gasteiger partial charge in [0.15, 0.2) is 0 Å². The molecule has 0 spiro atoms. The Kier molecular flexibility index (Phi) is 8.58. The molecule has 1 aromatic heterocycles. The van der Waals surface area contributed by atoms with Gasteiger partial charge in [0, 0.05) is 52.2 Å². The van der Waals surface area contributed by atoms with E-state index < -0.39 is 0 Å². The molecule has 3 N–H and O–H groups in total. The highest BCUT2D eigenvalue weighted by Crippen LogP contribution is 2.29. The Morgan fingerprint density at radius 2 is 1.64 bits per heavy atom. The quantitative estimate of drug-likeness (QED) is 0.547. The molecule has 2 heterocycles. The molecule has 1 amide bonds. The van der Waals surface area contributed by atoms with Crippen molar-refractivity contribution < 1.29 is 4.79 Å². The van der Waals surface area contributed by atoms with Gasteiger partial charge in [0.05, 0.1) is 0 Å². The number of amides is 1. The number of rotatable bonds is 8. The summed E-state index contributed by atoms with van der Waals surface area (Å²) in [5.41, 5.74) is 0. The van der Waals surface area contributed by atoms with E-state index in [9.17, 15) is 4.79 Å². The fourth-order valence-electron chi connectivity index (χ4n) is 5.46. The monoisotopic (exact) mass is 458 g/mol. The van der Waals surface area contributed by atoms with Crippen LogP contribution in [0.25, 0.3) is 0 Å². The normalized spacial score (nSPS) is 25.0. The highest BCUT2D eigenvalue weighted by atomic mass is 16.1. The molecule has 184 valence electrons. The van der Waals surface area contributed by atoms with Gasteiger partial charge in [-0.1, -0.05) is 25.7 Å². The molecule has 0 radical (unpaired) electrons. The van der Waals surface area contributed by atoms with Crippen LogP contribution in [0.15, 0.2) is 0 Å². The molecule has 2 aliphatic carbocycles. The van der Waals surface area contributed by atoms with Crippen LogP contribution in [0.1, 0.15) is 64.2 Å². The molecule has 9 heteroatoms. The third-order valence-corrected chi connectivity index (χ3v) is 7.54. The van der Waals surface area contributed by atoms with Gasteiger partial charge in [-0.2, -0.15) is 15.0 Å². The lowest BCUT2D eigenvalue weighted by molar-refractivity contribution is -0.122. The highest BCUT2D eigenvalue weighted by molar-refractivity contribution is 5.76. The Bertz CT molecular complexity index is 761. The van der Waals surface area contributed by atoms with Gasteiger partial charge in [-0.3, -0.25) is 4.79 Å². The lowest BCUT2D eigenvalue weighted by atomic mass is 9.83. The summed E-state index contributed by atoms with van der Waals surface area (Å²) in [4.78, 5) is 31.0. The molecule has 4 rings (SSSR count). The number of nitrogens with zero attached hydrogens (tertiary/aromatic N) is 5. The average molecular weight is 459 g/mol. The number of carbonyl (C=O) groups is 1.